The molecular weight excluding hydrogens is 394 g/mol. The molecule has 0 atom stereocenters. The standard InChI is InChI=1S/C19H22ClN7O2/c1-26(2)17(28)12-27-11-14(9-23-27)24-19-22-10-16(20)18(25-19)21-8-13-5-4-6-15(7-13)29-3/h4-7,9-11H,8,12H2,1-3H3,(H2,21,22,24,25). The molecule has 0 bridgehead atoms. The zero-order valence-electron chi connectivity index (χ0n) is 16.4. The summed E-state index contributed by atoms with van der Waals surface area (Å²) in [5, 5.41) is 10.8. The van der Waals surface area contributed by atoms with Gasteiger partial charge in [-0.05, 0) is 17.7 Å². The van der Waals surface area contributed by atoms with Crippen molar-refractivity contribution in [1.29, 1.82) is 0 Å². The molecule has 3 aromatic rings. The minimum Gasteiger partial charge on any atom is -0.497 e. The Morgan fingerprint density at radius 2 is 2.14 bits per heavy atom. The Hall–Kier alpha value is -3.33. The lowest BCUT2D eigenvalue weighted by Crippen LogP contribution is -2.26. The average molecular weight is 416 g/mol. The first-order chi connectivity index (χ1) is 13.9. The number of ether oxygens (including phenoxy) is 1. The zero-order valence-corrected chi connectivity index (χ0v) is 17.1. The Labute approximate surface area is 173 Å². The highest BCUT2D eigenvalue weighted by atomic mass is 35.5. The van der Waals surface area contributed by atoms with E-state index in [-0.39, 0.29) is 12.5 Å². The molecule has 0 fully saturated rings. The van der Waals surface area contributed by atoms with Gasteiger partial charge in [0.1, 0.15) is 17.3 Å². The number of benzene rings is 1. The Kier molecular flexibility index (Phi) is 6.50. The Morgan fingerprint density at radius 3 is 2.90 bits per heavy atom. The van der Waals surface area contributed by atoms with E-state index in [2.05, 4.69) is 25.7 Å². The number of aromatic nitrogens is 4. The molecule has 0 saturated carbocycles. The van der Waals surface area contributed by atoms with E-state index in [0.29, 0.717) is 29.0 Å². The van der Waals surface area contributed by atoms with Crippen molar-refractivity contribution in [3.63, 3.8) is 0 Å². The molecule has 2 N–H and O–H groups in total. The molecule has 1 aromatic carbocycles. The third-order valence-electron chi connectivity index (χ3n) is 4.02. The summed E-state index contributed by atoms with van der Waals surface area (Å²) in [4.78, 5) is 21.9. The first-order valence-corrected chi connectivity index (χ1v) is 9.21. The maximum atomic E-state index is 11.8. The van der Waals surface area contributed by atoms with Gasteiger partial charge in [0.05, 0.1) is 25.2 Å². The fourth-order valence-corrected chi connectivity index (χ4v) is 2.60. The van der Waals surface area contributed by atoms with Crippen LogP contribution in [0.1, 0.15) is 5.56 Å². The van der Waals surface area contributed by atoms with Crippen molar-refractivity contribution in [2.24, 2.45) is 0 Å². The summed E-state index contributed by atoms with van der Waals surface area (Å²) in [6, 6.07) is 7.72. The van der Waals surface area contributed by atoms with Crippen molar-refractivity contribution in [2.75, 3.05) is 31.8 Å². The number of anilines is 3. The van der Waals surface area contributed by atoms with Crippen LogP contribution in [0.25, 0.3) is 0 Å². The van der Waals surface area contributed by atoms with Gasteiger partial charge in [-0.15, -0.1) is 0 Å². The van der Waals surface area contributed by atoms with Gasteiger partial charge in [-0.2, -0.15) is 10.1 Å². The number of halogens is 1. The van der Waals surface area contributed by atoms with E-state index in [0.717, 1.165) is 11.3 Å². The lowest BCUT2D eigenvalue weighted by Gasteiger charge is -2.10. The van der Waals surface area contributed by atoms with Crippen molar-refractivity contribution >= 4 is 35.0 Å². The highest BCUT2D eigenvalue weighted by Crippen LogP contribution is 2.22. The van der Waals surface area contributed by atoms with Gasteiger partial charge in [-0.1, -0.05) is 23.7 Å². The largest absolute Gasteiger partial charge is 0.497 e. The minimum absolute atomic E-state index is 0.0496. The second-order valence-corrected chi connectivity index (χ2v) is 6.84. The highest BCUT2D eigenvalue weighted by molar-refractivity contribution is 6.32. The number of amides is 1. The fraction of sp³-hybridized carbons (Fsp3) is 0.263. The second kappa shape index (κ2) is 9.24. The summed E-state index contributed by atoms with van der Waals surface area (Å²) >= 11 is 6.22. The number of hydrogen-bond donors (Lipinski definition) is 2. The molecule has 2 heterocycles. The van der Waals surface area contributed by atoms with Gasteiger partial charge in [0.25, 0.3) is 0 Å². The van der Waals surface area contributed by atoms with Crippen LogP contribution in [-0.2, 0) is 17.9 Å². The van der Waals surface area contributed by atoms with Crippen LogP contribution in [0.15, 0.2) is 42.9 Å². The van der Waals surface area contributed by atoms with Crippen LogP contribution in [-0.4, -0.2) is 51.8 Å². The molecule has 0 aliphatic rings. The minimum atomic E-state index is -0.0496. The van der Waals surface area contributed by atoms with Crippen molar-refractivity contribution in [2.45, 2.75) is 13.1 Å². The molecule has 29 heavy (non-hydrogen) atoms. The van der Waals surface area contributed by atoms with Gasteiger partial charge in [0.15, 0.2) is 5.82 Å². The summed E-state index contributed by atoms with van der Waals surface area (Å²) in [6.45, 7) is 0.682. The number of carbonyl (C=O) groups is 1. The first kappa shape index (κ1) is 20.4. The van der Waals surface area contributed by atoms with Crippen molar-refractivity contribution in [1.82, 2.24) is 24.6 Å². The molecule has 0 aliphatic heterocycles. The molecule has 2 aromatic heterocycles. The van der Waals surface area contributed by atoms with E-state index in [9.17, 15) is 4.79 Å². The molecule has 0 radical (unpaired) electrons. The number of hydrogen-bond acceptors (Lipinski definition) is 7. The summed E-state index contributed by atoms with van der Waals surface area (Å²) in [5.74, 6) is 1.60. The second-order valence-electron chi connectivity index (χ2n) is 6.43. The van der Waals surface area contributed by atoms with Crippen LogP contribution in [0.4, 0.5) is 17.5 Å². The molecule has 10 heteroatoms. The predicted octanol–water partition coefficient (Wildman–Crippen LogP) is 2.78. The summed E-state index contributed by atoms with van der Waals surface area (Å²) in [6.07, 6.45) is 4.83. The van der Waals surface area contributed by atoms with Gasteiger partial charge in [-0.3, -0.25) is 9.48 Å². The van der Waals surface area contributed by atoms with Gasteiger partial charge in [0.2, 0.25) is 11.9 Å². The van der Waals surface area contributed by atoms with Gasteiger partial charge in [-0.25, -0.2) is 4.98 Å². The van der Waals surface area contributed by atoms with E-state index in [1.54, 1.807) is 38.3 Å². The van der Waals surface area contributed by atoms with Gasteiger partial charge < -0.3 is 20.3 Å². The fourth-order valence-electron chi connectivity index (χ4n) is 2.44. The Balaban J connectivity index is 1.66. The topological polar surface area (TPSA) is 97.2 Å². The van der Waals surface area contributed by atoms with E-state index < -0.39 is 0 Å². The number of carbonyl (C=O) groups excluding carboxylic acids is 1. The summed E-state index contributed by atoms with van der Waals surface area (Å²) in [5.41, 5.74) is 1.69. The van der Waals surface area contributed by atoms with E-state index in [4.69, 9.17) is 16.3 Å². The zero-order chi connectivity index (χ0) is 20.8. The van der Waals surface area contributed by atoms with Crippen molar-refractivity contribution < 1.29 is 9.53 Å². The van der Waals surface area contributed by atoms with Crippen LogP contribution in [0, 0.1) is 0 Å². The molecule has 9 nitrogen and oxygen atoms in total. The molecule has 0 saturated heterocycles. The lowest BCUT2D eigenvalue weighted by atomic mass is 10.2. The van der Waals surface area contributed by atoms with Crippen LogP contribution >= 0.6 is 11.6 Å². The Bertz CT molecular complexity index is 990. The molecule has 3 rings (SSSR count). The summed E-state index contributed by atoms with van der Waals surface area (Å²) in [7, 11) is 5.03. The molecule has 0 aliphatic carbocycles. The van der Waals surface area contributed by atoms with E-state index >= 15 is 0 Å². The lowest BCUT2D eigenvalue weighted by molar-refractivity contribution is -0.129. The number of nitrogens with one attached hydrogen (secondary N) is 2. The van der Waals surface area contributed by atoms with Crippen LogP contribution in [0.3, 0.4) is 0 Å². The number of methoxy groups -OCH3 is 1. The van der Waals surface area contributed by atoms with Crippen molar-refractivity contribution in [3.05, 3.63) is 53.4 Å². The van der Waals surface area contributed by atoms with Crippen LogP contribution < -0.4 is 15.4 Å². The highest BCUT2D eigenvalue weighted by Gasteiger charge is 2.09. The third-order valence-corrected chi connectivity index (χ3v) is 4.30. The normalized spacial score (nSPS) is 10.5. The first-order valence-electron chi connectivity index (χ1n) is 8.83. The monoisotopic (exact) mass is 415 g/mol. The quantitative estimate of drug-likeness (QED) is 0.583. The SMILES string of the molecule is COc1cccc(CNc2nc(Nc3cnn(CC(=O)N(C)C)c3)ncc2Cl)c1. The maximum Gasteiger partial charge on any atom is 0.243 e. The van der Waals surface area contributed by atoms with Gasteiger partial charge >= 0.3 is 0 Å². The van der Waals surface area contributed by atoms with Crippen LogP contribution in [0.5, 0.6) is 5.75 Å². The number of likely N-dealkylation sites (N-methyl/N-ethyl adjacent to an activating group) is 1. The molecule has 1 amide bonds. The Morgan fingerprint density at radius 1 is 1.31 bits per heavy atom. The maximum absolute atomic E-state index is 11.8. The van der Waals surface area contributed by atoms with Gasteiger partial charge in [0, 0.05) is 26.8 Å². The predicted molar refractivity (Wildman–Crippen MR) is 112 cm³/mol. The molecule has 0 unspecified atom stereocenters. The average Bonchev–Trinajstić information content (AvgIpc) is 3.15. The smallest absolute Gasteiger partial charge is 0.243 e. The summed E-state index contributed by atoms with van der Waals surface area (Å²) < 4.78 is 6.78. The van der Waals surface area contributed by atoms with E-state index in [1.165, 1.54) is 11.1 Å². The molecular formula is C19H22ClN7O2. The number of rotatable bonds is 8. The molecule has 0 spiro atoms. The van der Waals surface area contributed by atoms with Crippen LogP contribution in [0.2, 0.25) is 5.02 Å². The third kappa shape index (κ3) is 5.58. The number of nitrogens with zero attached hydrogens (tertiary/aromatic N) is 5. The van der Waals surface area contributed by atoms with Crippen molar-refractivity contribution in [3.8, 4) is 5.75 Å². The van der Waals surface area contributed by atoms with E-state index in [1.807, 2.05) is 24.3 Å². The molecule has 152 valence electrons.